The molecule has 4 rings (SSSR count). The predicted molar refractivity (Wildman–Crippen MR) is 129 cm³/mol. The first-order chi connectivity index (χ1) is 16.3. The monoisotopic (exact) mass is 480 g/mol. The number of nitro benzene ring substituents is 1. The normalized spacial score (nSPS) is 18.6. The fourth-order valence-electron chi connectivity index (χ4n) is 4.21. The number of hydrogen-bond acceptors (Lipinski definition) is 7. The molecule has 1 heterocycles. The molecule has 1 aliphatic rings. The number of nitro groups is 1. The first-order valence-electron chi connectivity index (χ1n) is 10.8. The number of likely N-dealkylation sites (tertiary alicyclic amines) is 1. The minimum Gasteiger partial charge on any atom is -0.445 e. The van der Waals surface area contributed by atoms with E-state index in [1.165, 1.54) is 36.1 Å². The number of nitrogens with zero attached hydrogens (tertiary/aromatic N) is 2. The van der Waals surface area contributed by atoms with Gasteiger partial charge in [0, 0.05) is 30.9 Å². The molecule has 8 nitrogen and oxygen atoms in total. The van der Waals surface area contributed by atoms with Gasteiger partial charge in [-0.3, -0.25) is 14.9 Å². The van der Waals surface area contributed by atoms with Crippen LogP contribution >= 0.6 is 11.8 Å². The Balaban J connectivity index is 1.50. The number of ether oxygens (including phenoxy) is 1. The van der Waals surface area contributed by atoms with Gasteiger partial charge in [-0.25, -0.2) is 4.79 Å². The Morgan fingerprint density at radius 2 is 1.85 bits per heavy atom. The smallest absolute Gasteiger partial charge is 0.410 e. The fourth-order valence-corrected chi connectivity index (χ4v) is 5.21. The van der Waals surface area contributed by atoms with Gasteiger partial charge < -0.3 is 14.7 Å². The Kier molecular flexibility index (Phi) is 7.14. The standard InChI is InChI=1S/C25H24N2O6S/c1-16(28)34-22-13-23(24(29)20-9-8-18-4-2-3-5-19(18)12-20)26(14-22)25(30)33-15-17-6-10-21(11-7-17)27(31)32/h2-12,22-24,29H,13-15H2,1H3/t22-,23-,24?/m0/s1. The number of hydrogen-bond donors (Lipinski definition) is 1. The average molecular weight is 481 g/mol. The molecule has 0 bridgehead atoms. The maximum Gasteiger partial charge on any atom is 0.410 e. The minimum absolute atomic E-state index is 0.0442. The molecule has 3 aromatic rings. The van der Waals surface area contributed by atoms with E-state index in [4.69, 9.17) is 4.74 Å². The van der Waals surface area contributed by atoms with Crippen molar-refractivity contribution >= 4 is 39.4 Å². The van der Waals surface area contributed by atoms with E-state index in [-0.39, 0.29) is 29.2 Å². The zero-order chi connectivity index (χ0) is 24.2. The summed E-state index contributed by atoms with van der Waals surface area (Å²) in [6.45, 7) is 1.70. The van der Waals surface area contributed by atoms with Crippen molar-refractivity contribution in [3.05, 3.63) is 88.0 Å². The third-order valence-electron chi connectivity index (χ3n) is 5.86. The Labute approximate surface area is 200 Å². The van der Waals surface area contributed by atoms with Crippen LogP contribution in [0.15, 0.2) is 66.7 Å². The van der Waals surface area contributed by atoms with Gasteiger partial charge in [-0.2, -0.15) is 0 Å². The van der Waals surface area contributed by atoms with Crippen LogP contribution in [0.4, 0.5) is 10.5 Å². The van der Waals surface area contributed by atoms with E-state index in [1.807, 2.05) is 42.5 Å². The van der Waals surface area contributed by atoms with Crippen LogP contribution in [0.5, 0.6) is 0 Å². The minimum atomic E-state index is -0.950. The van der Waals surface area contributed by atoms with Gasteiger partial charge in [-0.1, -0.05) is 48.2 Å². The first-order valence-corrected chi connectivity index (χ1v) is 11.7. The Bertz CT molecular complexity index is 1220. The number of amides is 1. The van der Waals surface area contributed by atoms with Gasteiger partial charge in [0.1, 0.15) is 6.61 Å². The van der Waals surface area contributed by atoms with Crippen LogP contribution in [0.25, 0.3) is 10.8 Å². The van der Waals surface area contributed by atoms with Crippen LogP contribution in [-0.4, -0.2) is 44.0 Å². The summed E-state index contributed by atoms with van der Waals surface area (Å²) in [5, 5.41) is 23.9. The van der Waals surface area contributed by atoms with Gasteiger partial charge in [0.05, 0.1) is 17.1 Å². The summed E-state index contributed by atoms with van der Waals surface area (Å²) in [6, 6.07) is 18.7. The molecule has 0 spiro atoms. The molecule has 1 unspecified atom stereocenters. The number of carbonyl (C=O) groups excluding carboxylic acids is 2. The van der Waals surface area contributed by atoms with Crippen LogP contribution in [0.2, 0.25) is 0 Å². The van der Waals surface area contributed by atoms with Crippen molar-refractivity contribution in [2.45, 2.75) is 37.3 Å². The van der Waals surface area contributed by atoms with Crippen LogP contribution in [0.3, 0.4) is 0 Å². The molecule has 3 aromatic carbocycles. The average Bonchev–Trinajstić information content (AvgIpc) is 3.25. The fraction of sp³-hybridized carbons (Fsp3) is 0.280. The van der Waals surface area contributed by atoms with Crippen molar-refractivity contribution in [1.29, 1.82) is 0 Å². The van der Waals surface area contributed by atoms with Gasteiger partial charge in [-0.05, 0) is 46.5 Å². The molecule has 9 heteroatoms. The van der Waals surface area contributed by atoms with E-state index >= 15 is 0 Å². The summed E-state index contributed by atoms with van der Waals surface area (Å²) in [7, 11) is 0. The lowest BCUT2D eigenvalue weighted by molar-refractivity contribution is -0.384. The highest BCUT2D eigenvalue weighted by Gasteiger charge is 2.41. The number of carbonyl (C=O) groups is 2. The van der Waals surface area contributed by atoms with Gasteiger partial charge in [0.2, 0.25) is 0 Å². The maximum absolute atomic E-state index is 13.0. The second kappa shape index (κ2) is 10.2. The lowest BCUT2D eigenvalue weighted by Gasteiger charge is -2.28. The van der Waals surface area contributed by atoms with Gasteiger partial charge >= 0.3 is 6.09 Å². The highest BCUT2D eigenvalue weighted by molar-refractivity contribution is 8.14. The topological polar surface area (TPSA) is 110 Å². The molecule has 1 amide bonds. The number of fused-ring (bicyclic) bond motifs is 1. The molecule has 1 N–H and O–H groups in total. The van der Waals surface area contributed by atoms with Crippen molar-refractivity contribution in [1.82, 2.24) is 4.90 Å². The molecule has 1 saturated heterocycles. The van der Waals surface area contributed by atoms with Crippen LogP contribution in [-0.2, 0) is 16.1 Å². The predicted octanol–water partition coefficient (Wildman–Crippen LogP) is 4.84. The Morgan fingerprint density at radius 1 is 1.15 bits per heavy atom. The van der Waals surface area contributed by atoms with Gasteiger partial charge in [0.15, 0.2) is 5.12 Å². The second-order valence-corrected chi connectivity index (χ2v) is 9.69. The lowest BCUT2D eigenvalue weighted by Crippen LogP contribution is -2.39. The lowest BCUT2D eigenvalue weighted by atomic mass is 9.97. The summed E-state index contributed by atoms with van der Waals surface area (Å²) in [4.78, 5) is 36.4. The van der Waals surface area contributed by atoms with Crippen LogP contribution < -0.4 is 0 Å². The zero-order valence-electron chi connectivity index (χ0n) is 18.5. The highest BCUT2D eigenvalue weighted by Crippen LogP contribution is 2.36. The van der Waals surface area contributed by atoms with Crippen molar-refractivity contribution < 1.29 is 24.4 Å². The SMILES string of the molecule is CC(=O)S[C@H]1C[C@@H](C(O)c2ccc3ccccc3c2)N(C(=O)OCc2ccc([N+](=O)[O-])cc2)C1. The van der Waals surface area contributed by atoms with E-state index in [0.717, 1.165) is 22.5 Å². The summed E-state index contributed by atoms with van der Waals surface area (Å²) < 4.78 is 5.46. The Hall–Kier alpha value is -3.43. The molecule has 3 atom stereocenters. The summed E-state index contributed by atoms with van der Waals surface area (Å²) in [6.07, 6.45) is -1.10. The molecule has 1 fully saturated rings. The third kappa shape index (κ3) is 5.37. The quantitative estimate of drug-likeness (QED) is 0.397. The molecule has 0 radical (unpaired) electrons. The number of rotatable bonds is 6. The largest absolute Gasteiger partial charge is 0.445 e. The van der Waals surface area contributed by atoms with Gasteiger partial charge in [0.25, 0.3) is 5.69 Å². The van der Waals surface area contributed by atoms with Gasteiger partial charge in [-0.15, -0.1) is 0 Å². The van der Waals surface area contributed by atoms with E-state index in [9.17, 15) is 24.8 Å². The molecule has 34 heavy (non-hydrogen) atoms. The van der Waals surface area contributed by atoms with E-state index < -0.39 is 23.2 Å². The molecule has 1 aliphatic heterocycles. The molecule has 0 aromatic heterocycles. The number of thioether (sulfide) groups is 1. The number of benzene rings is 3. The summed E-state index contributed by atoms with van der Waals surface area (Å²) in [5.74, 6) is 0. The number of non-ortho nitro benzene ring substituents is 1. The van der Waals surface area contributed by atoms with Crippen molar-refractivity contribution in [3.8, 4) is 0 Å². The molecular weight excluding hydrogens is 456 g/mol. The molecule has 0 aliphatic carbocycles. The molecule has 176 valence electrons. The zero-order valence-corrected chi connectivity index (χ0v) is 19.3. The number of aliphatic hydroxyl groups is 1. The number of aliphatic hydroxyl groups excluding tert-OH is 1. The molecular formula is C25H24N2O6S. The highest BCUT2D eigenvalue weighted by atomic mass is 32.2. The van der Waals surface area contributed by atoms with E-state index in [2.05, 4.69) is 0 Å². The Morgan fingerprint density at radius 3 is 2.53 bits per heavy atom. The van der Waals surface area contributed by atoms with Crippen LogP contribution in [0, 0.1) is 10.1 Å². The van der Waals surface area contributed by atoms with Crippen molar-refractivity contribution in [2.24, 2.45) is 0 Å². The van der Waals surface area contributed by atoms with Crippen molar-refractivity contribution in [2.75, 3.05) is 6.54 Å². The third-order valence-corrected chi connectivity index (χ3v) is 6.87. The van der Waals surface area contributed by atoms with Crippen molar-refractivity contribution in [3.63, 3.8) is 0 Å². The summed E-state index contributed by atoms with van der Waals surface area (Å²) in [5.41, 5.74) is 1.25. The molecule has 0 saturated carbocycles. The van der Waals surface area contributed by atoms with Crippen LogP contribution in [0.1, 0.15) is 30.6 Å². The van der Waals surface area contributed by atoms with E-state index in [0.29, 0.717) is 17.5 Å². The second-order valence-electron chi connectivity index (χ2n) is 8.22. The first kappa shape index (κ1) is 23.7. The van der Waals surface area contributed by atoms with E-state index in [1.54, 1.807) is 0 Å². The maximum atomic E-state index is 13.0. The summed E-state index contributed by atoms with van der Waals surface area (Å²) >= 11 is 1.16.